The Hall–Kier alpha value is -0.240. The topological polar surface area (TPSA) is 18.5 Å². The summed E-state index contributed by atoms with van der Waals surface area (Å²) in [6, 6.07) is 8.02. The third-order valence-electron chi connectivity index (χ3n) is 1.43. The molecule has 0 aromatic heterocycles. The molecular weight excluding hydrogens is 191 g/mol. The molecule has 1 unspecified atom stereocenters. The normalized spacial score (nSPS) is 20.2. The smallest absolute Gasteiger partial charge is 0.303 e. The molecular formula is C8H9O2PS. The Kier molecular flexibility index (Phi) is 2.54. The highest BCUT2D eigenvalue weighted by atomic mass is 32.7. The average molecular weight is 200 g/mol. The molecule has 1 aromatic rings. The Morgan fingerprint density at radius 3 is 3.08 bits per heavy atom. The molecule has 0 saturated carbocycles. The van der Waals surface area contributed by atoms with Crippen molar-refractivity contribution >= 4 is 19.0 Å². The monoisotopic (exact) mass is 200 g/mol. The van der Waals surface area contributed by atoms with Gasteiger partial charge in [0.15, 0.2) is 0 Å². The molecule has 0 radical (unpaired) electrons. The number of para-hydroxylation sites is 1. The first kappa shape index (κ1) is 8.36. The van der Waals surface area contributed by atoms with E-state index in [-0.39, 0.29) is 0 Å². The van der Waals surface area contributed by atoms with Gasteiger partial charge in [-0.15, -0.1) is 0 Å². The predicted molar refractivity (Wildman–Crippen MR) is 51.5 cm³/mol. The molecule has 0 aliphatic carbocycles. The molecule has 1 aromatic carbocycles. The van der Waals surface area contributed by atoms with Crippen LogP contribution in [-0.2, 0) is 4.52 Å². The molecule has 0 bridgehead atoms. The average Bonchev–Trinajstić information content (AvgIpc) is 2.47. The van der Waals surface area contributed by atoms with Crippen LogP contribution >= 0.6 is 19.0 Å². The lowest BCUT2D eigenvalue weighted by Gasteiger charge is -2.05. The zero-order valence-corrected chi connectivity index (χ0v) is 8.40. The van der Waals surface area contributed by atoms with E-state index in [4.69, 9.17) is 9.05 Å². The Labute approximate surface area is 76.9 Å². The van der Waals surface area contributed by atoms with Crippen LogP contribution in [0.1, 0.15) is 6.92 Å². The second-order valence-corrected chi connectivity index (χ2v) is 5.22. The van der Waals surface area contributed by atoms with Gasteiger partial charge in [-0.2, -0.15) is 0 Å². The fraction of sp³-hybridized carbons (Fsp3) is 0.250. The van der Waals surface area contributed by atoms with E-state index in [2.05, 4.69) is 6.07 Å². The third-order valence-corrected chi connectivity index (χ3v) is 4.50. The van der Waals surface area contributed by atoms with E-state index in [9.17, 15) is 0 Å². The summed E-state index contributed by atoms with van der Waals surface area (Å²) in [6.45, 7) is 2.70. The van der Waals surface area contributed by atoms with Crippen molar-refractivity contribution in [3.63, 3.8) is 0 Å². The fourth-order valence-corrected chi connectivity index (χ4v) is 3.93. The van der Waals surface area contributed by atoms with Crippen LogP contribution in [0.15, 0.2) is 29.2 Å². The summed E-state index contributed by atoms with van der Waals surface area (Å²) in [5, 5.41) is 0. The number of hydrogen-bond acceptors (Lipinski definition) is 3. The minimum atomic E-state index is -0.755. The third kappa shape index (κ3) is 1.58. The van der Waals surface area contributed by atoms with Gasteiger partial charge in [0.2, 0.25) is 0 Å². The molecule has 0 N–H and O–H groups in total. The van der Waals surface area contributed by atoms with Crippen LogP contribution in [0.2, 0.25) is 0 Å². The summed E-state index contributed by atoms with van der Waals surface area (Å²) in [7, 11) is -0.755. The van der Waals surface area contributed by atoms with Crippen LogP contribution in [0.3, 0.4) is 0 Å². The SMILES string of the molecule is CCOP1Oc2ccccc2S1. The van der Waals surface area contributed by atoms with Crippen molar-refractivity contribution in [1.29, 1.82) is 0 Å². The van der Waals surface area contributed by atoms with E-state index in [1.807, 2.05) is 25.1 Å². The van der Waals surface area contributed by atoms with Crippen LogP contribution in [0.4, 0.5) is 0 Å². The van der Waals surface area contributed by atoms with E-state index < -0.39 is 7.58 Å². The highest BCUT2D eigenvalue weighted by Crippen LogP contribution is 2.63. The maximum Gasteiger partial charge on any atom is 0.303 e. The molecule has 64 valence electrons. The van der Waals surface area contributed by atoms with Crippen molar-refractivity contribution < 1.29 is 9.05 Å². The van der Waals surface area contributed by atoms with E-state index >= 15 is 0 Å². The van der Waals surface area contributed by atoms with Crippen molar-refractivity contribution in [3.8, 4) is 5.75 Å². The van der Waals surface area contributed by atoms with Gasteiger partial charge in [-0.25, -0.2) is 0 Å². The maximum atomic E-state index is 5.55. The van der Waals surface area contributed by atoms with E-state index in [0.717, 1.165) is 5.75 Å². The molecule has 2 rings (SSSR count). The molecule has 12 heavy (non-hydrogen) atoms. The van der Waals surface area contributed by atoms with Gasteiger partial charge >= 0.3 is 7.58 Å². The lowest BCUT2D eigenvalue weighted by Crippen LogP contribution is -1.83. The Bertz CT molecular complexity index is 255. The first-order valence-electron chi connectivity index (χ1n) is 3.78. The largest absolute Gasteiger partial charge is 0.438 e. The minimum Gasteiger partial charge on any atom is -0.438 e. The zero-order chi connectivity index (χ0) is 8.39. The maximum absolute atomic E-state index is 5.55. The van der Waals surface area contributed by atoms with Gasteiger partial charge in [0, 0.05) is 0 Å². The Morgan fingerprint density at radius 1 is 1.50 bits per heavy atom. The van der Waals surface area contributed by atoms with Crippen molar-refractivity contribution in [2.24, 2.45) is 0 Å². The van der Waals surface area contributed by atoms with Crippen molar-refractivity contribution in [1.82, 2.24) is 0 Å². The molecule has 0 saturated heterocycles. The van der Waals surface area contributed by atoms with Crippen LogP contribution in [0.25, 0.3) is 0 Å². The summed E-state index contributed by atoms with van der Waals surface area (Å²) in [4.78, 5) is 1.19. The summed E-state index contributed by atoms with van der Waals surface area (Å²) < 4.78 is 10.9. The van der Waals surface area contributed by atoms with Gasteiger partial charge in [-0.05, 0) is 30.4 Å². The first-order valence-corrected chi connectivity index (χ1v) is 6.38. The van der Waals surface area contributed by atoms with Crippen LogP contribution < -0.4 is 4.52 Å². The molecule has 4 heteroatoms. The second kappa shape index (κ2) is 3.65. The van der Waals surface area contributed by atoms with E-state index in [1.165, 1.54) is 4.90 Å². The van der Waals surface area contributed by atoms with Gasteiger partial charge < -0.3 is 9.05 Å². The van der Waals surface area contributed by atoms with Gasteiger partial charge in [0.25, 0.3) is 0 Å². The van der Waals surface area contributed by atoms with Crippen LogP contribution in [0, 0.1) is 0 Å². The van der Waals surface area contributed by atoms with Crippen LogP contribution in [0.5, 0.6) is 5.75 Å². The quantitative estimate of drug-likeness (QED) is 0.681. The molecule has 1 aliphatic rings. The number of hydrogen-bond donors (Lipinski definition) is 0. The molecule has 1 atom stereocenters. The molecule has 0 spiro atoms. The van der Waals surface area contributed by atoms with Gasteiger partial charge in [-0.3, -0.25) is 0 Å². The van der Waals surface area contributed by atoms with E-state index in [1.54, 1.807) is 11.4 Å². The van der Waals surface area contributed by atoms with Gasteiger partial charge in [-0.1, -0.05) is 12.1 Å². The fourth-order valence-electron chi connectivity index (χ4n) is 0.938. The van der Waals surface area contributed by atoms with Crippen molar-refractivity contribution in [2.75, 3.05) is 6.61 Å². The van der Waals surface area contributed by atoms with Crippen molar-refractivity contribution in [2.45, 2.75) is 11.8 Å². The van der Waals surface area contributed by atoms with Crippen molar-refractivity contribution in [3.05, 3.63) is 24.3 Å². The van der Waals surface area contributed by atoms with Gasteiger partial charge in [0.05, 0.1) is 11.5 Å². The summed E-state index contributed by atoms with van der Waals surface area (Å²) in [6.07, 6.45) is 0. The Morgan fingerprint density at radius 2 is 2.33 bits per heavy atom. The number of rotatable bonds is 2. The summed E-state index contributed by atoms with van der Waals surface area (Å²) >= 11 is 1.68. The standard InChI is InChI=1S/C8H9O2PS/c1-2-9-11-10-7-5-3-4-6-8(7)12-11/h3-6H,2H2,1H3. The predicted octanol–water partition coefficient (Wildman–Crippen LogP) is 3.43. The molecule has 1 aliphatic heterocycles. The highest BCUT2D eigenvalue weighted by molar-refractivity contribution is 8.53. The molecule has 2 nitrogen and oxygen atoms in total. The first-order chi connectivity index (χ1) is 5.90. The Balaban J connectivity index is 2.11. The van der Waals surface area contributed by atoms with Crippen LogP contribution in [-0.4, -0.2) is 6.61 Å². The lowest BCUT2D eigenvalue weighted by molar-refractivity contribution is 0.348. The molecule has 0 fully saturated rings. The molecule has 1 heterocycles. The minimum absolute atomic E-state index is 0.715. The number of fused-ring (bicyclic) bond motifs is 1. The summed E-state index contributed by atoms with van der Waals surface area (Å²) in [5.41, 5.74) is 0. The second-order valence-electron chi connectivity index (χ2n) is 2.27. The zero-order valence-electron chi connectivity index (χ0n) is 6.69. The summed E-state index contributed by atoms with van der Waals surface area (Å²) in [5.74, 6) is 0.960. The lowest BCUT2D eigenvalue weighted by atomic mass is 10.3. The number of benzene rings is 1. The van der Waals surface area contributed by atoms with Gasteiger partial charge in [0.1, 0.15) is 5.75 Å². The van der Waals surface area contributed by atoms with E-state index in [0.29, 0.717) is 6.61 Å². The highest BCUT2D eigenvalue weighted by Gasteiger charge is 2.24. The molecule has 0 amide bonds.